The third kappa shape index (κ3) is 2.10. The van der Waals surface area contributed by atoms with Crippen LogP contribution < -0.4 is 15.0 Å². The maximum Gasteiger partial charge on any atom is 0.241 e. The van der Waals surface area contributed by atoms with E-state index in [0.717, 1.165) is 17.0 Å². The summed E-state index contributed by atoms with van der Waals surface area (Å²) >= 11 is 0. The third-order valence-electron chi connectivity index (χ3n) is 5.52. The largest absolute Gasteiger partial charge is 0.496 e. The van der Waals surface area contributed by atoms with Gasteiger partial charge >= 0.3 is 0 Å². The van der Waals surface area contributed by atoms with Crippen molar-refractivity contribution < 1.29 is 9.53 Å². The molecule has 2 heterocycles. The molecule has 0 aliphatic carbocycles. The smallest absolute Gasteiger partial charge is 0.241 e. The van der Waals surface area contributed by atoms with Crippen LogP contribution in [-0.2, 0) is 10.2 Å². The van der Waals surface area contributed by atoms with Crippen molar-refractivity contribution in [2.24, 2.45) is 0 Å². The number of hydrogen-bond donors (Lipinski definition) is 1. The second kappa shape index (κ2) is 5.38. The molecule has 4 nitrogen and oxygen atoms in total. The van der Waals surface area contributed by atoms with E-state index < -0.39 is 5.66 Å². The zero-order valence-electron chi connectivity index (χ0n) is 14.7. The van der Waals surface area contributed by atoms with Crippen LogP contribution in [0.4, 0.5) is 5.69 Å². The molecule has 2 aromatic carbocycles. The molecule has 25 heavy (non-hydrogen) atoms. The van der Waals surface area contributed by atoms with Gasteiger partial charge in [0.05, 0.1) is 13.7 Å². The fourth-order valence-corrected chi connectivity index (χ4v) is 4.15. The van der Waals surface area contributed by atoms with Gasteiger partial charge in [-0.3, -0.25) is 4.79 Å². The Morgan fingerprint density at radius 1 is 1.12 bits per heavy atom. The Morgan fingerprint density at radius 2 is 1.84 bits per heavy atom. The van der Waals surface area contributed by atoms with Gasteiger partial charge in [0.2, 0.25) is 5.91 Å². The molecule has 1 amide bonds. The normalized spacial score (nSPS) is 23.5. The zero-order chi connectivity index (χ0) is 17.7. The minimum absolute atomic E-state index is 0.0484. The summed E-state index contributed by atoms with van der Waals surface area (Å²) in [6.07, 6.45) is 4.15. The molecule has 0 bridgehead atoms. The maximum absolute atomic E-state index is 12.3. The van der Waals surface area contributed by atoms with Gasteiger partial charge < -0.3 is 15.0 Å². The van der Waals surface area contributed by atoms with Crippen molar-refractivity contribution in [3.05, 3.63) is 65.7 Å². The van der Waals surface area contributed by atoms with Crippen LogP contribution in [0.2, 0.25) is 0 Å². The second-order valence-electron chi connectivity index (χ2n) is 7.12. The van der Waals surface area contributed by atoms with E-state index in [-0.39, 0.29) is 11.3 Å². The van der Waals surface area contributed by atoms with Gasteiger partial charge in [-0.2, -0.15) is 0 Å². The number of methoxy groups -OCH3 is 1. The second-order valence-corrected chi connectivity index (χ2v) is 7.12. The molecule has 128 valence electrons. The van der Waals surface area contributed by atoms with Crippen molar-refractivity contribution in [3.63, 3.8) is 0 Å². The lowest BCUT2D eigenvalue weighted by Gasteiger charge is -2.40. The first-order chi connectivity index (χ1) is 12.0. The molecule has 0 saturated carbocycles. The van der Waals surface area contributed by atoms with Crippen LogP contribution in [0, 0.1) is 0 Å². The summed E-state index contributed by atoms with van der Waals surface area (Å²) in [7, 11) is 1.67. The van der Waals surface area contributed by atoms with Crippen molar-refractivity contribution in [1.82, 2.24) is 5.32 Å². The van der Waals surface area contributed by atoms with Gasteiger partial charge in [0.15, 0.2) is 0 Å². The summed E-state index contributed by atoms with van der Waals surface area (Å²) in [5, 5.41) is 3.23. The number of carbonyl (C=O) groups excluding carboxylic acids is 1. The molecule has 2 aliphatic rings. The monoisotopic (exact) mass is 334 g/mol. The van der Waals surface area contributed by atoms with E-state index in [4.69, 9.17) is 4.74 Å². The highest BCUT2D eigenvalue weighted by molar-refractivity contribution is 5.91. The number of para-hydroxylation sites is 2. The molecule has 0 spiro atoms. The number of anilines is 1. The molecule has 4 rings (SSSR count). The topological polar surface area (TPSA) is 41.6 Å². The number of carbonyl (C=O) groups is 1. The molecule has 0 radical (unpaired) electrons. The highest BCUT2D eigenvalue weighted by atomic mass is 16.5. The average Bonchev–Trinajstić information content (AvgIpc) is 3.05. The molecule has 1 saturated heterocycles. The number of rotatable bonds is 3. The molecular weight excluding hydrogens is 312 g/mol. The predicted molar refractivity (Wildman–Crippen MR) is 99.7 cm³/mol. The Balaban J connectivity index is 1.84. The number of benzene rings is 2. The molecule has 0 aromatic heterocycles. The Morgan fingerprint density at radius 3 is 2.64 bits per heavy atom. The van der Waals surface area contributed by atoms with E-state index in [1.807, 2.05) is 36.4 Å². The number of nitrogens with zero attached hydrogens (tertiary/aromatic N) is 1. The lowest BCUT2D eigenvalue weighted by molar-refractivity contribution is -0.118. The average molecular weight is 334 g/mol. The molecule has 1 atom stereocenters. The van der Waals surface area contributed by atoms with Crippen LogP contribution in [0.3, 0.4) is 0 Å². The van der Waals surface area contributed by atoms with Gasteiger partial charge in [-0.1, -0.05) is 56.3 Å². The summed E-state index contributed by atoms with van der Waals surface area (Å²) in [4.78, 5) is 14.5. The first kappa shape index (κ1) is 15.8. The van der Waals surface area contributed by atoms with Crippen molar-refractivity contribution in [3.8, 4) is 5.75 Å². The van der Waals surface area contributed by atoms with E-state index in [0.29, 0.717) is 6.54 Å². The van der Waals surface area contributed by atoms with Crippen molar-refractivity contribution >= 4 is 17.7 Å². The molecular formula is C21H22N2O2. The zero-order valence-corrected chi connectivity index (χ0v) is 14.7. The van der Waals surface area contributed by atoms with Crippen molar-refractivity contribution in [2.75, 3.05) is 18.6 Å². The van der Waals surface area contributed by atoms with Crippen LogP contribution in [0.5, 0.6) is 5.75 Å². The minimum Gasteiger partial charge on any atom is -0.496 e. The lowest BCUT2D eigenvalue weighted by atomic mass is 9.75. The van der Waals surface area contributed by atoms with Gasteiger partial charge in [0, 0.05) is 16.7 Å². The number of amides is 1. The Bertz CT molecular complexity index is 872. The lowest BCUT2D eigenvalue weighted by Crippen LogP contribution is -2.58. The van der Waals surface area contributed by atoms with Gasteiger partial charge in [-0.05, 0) is 23.8 Å². The van der Waals surface area contributed by atoms with Gasteiger partial charge in [-0.15, -0.1) is 0 Å². The molecule has 2 aromatic rings. The third-order valence-corrected chi connectivity index (χ3v) is 5.52. The first-order valence-corrected chi connectivity index (χ1v) is 8.50. The quantitative estimate of drug-likeness (QED) is 0.936. The van der Waals surface area contributed by atoms with Crippen LogP contribution >= 0.6 is 0 Å². The Hall–Kier alpha value is -2.75. The molecule has 1 fully saturated rings. The summed E-state index contributed by atoms with van der Waals surface area (Å²) < 4.78 is 5.45. The molecule has 1 unspecified atom stereocenters. The van der Waals surface area contributed by atoms with E-state index in [1.54, 1.807) is 7.11 Å². The van der Waals surface area contributed by atoms with Crippen LogP contribution in [0.15, 0.2) is 54.6 Å². The molecule has 1 N–H and O–H groups in total. The highest BCUT2D eigenvalue weighted by Crippen LogP contribution is 2.52. The van der Waals surface area contributed by atoms with Crippen molar-refractivity contribution in [1.29, 1.82) is 0 Å². The number of hydrogen-bond acceptors (Lipinski definition) is 3. The number of ether oxygens (including phenoxy) is 1. The van der Waals surface area contributed by atoms with Crippen LogP contribution in [-0.4, -0.2) is 25.2 Å². The summed E-state index contributed by atoms with van der Waals surface area (Å²) in [6.45, 7) is 4.74. The van der Waals surface area contributed by atoms with Gasteiger partial charge in [0.1, 0.15) is 11.4 Å². The minimum atomic E-state index is -0.575. The first-order valence-electron chi connectivity index (χ1n) is 8.50. The van der Waals surface area contributed by atoms with Gasteiger partial charge in [0.25, 0.3) is 0 Å². The standard InChI is InChI=1S/C21H22N2O2/c1-20(2)16-9-5-6-10-17(16)23-14-19(24)22-21(20,23)13-12-15-8-4-7-11-18(15)25-3/h4-13H,14H2,1-3H3,(H,22,24)/b13-12+. The predicted octanol–water partition coefficient (Wildman–Crippen LogP) is 3.33. The summed E-state index contributed by atoms with van der Waals surface area (Å²) in [6, 6.07) is 16.2. The van der Waals surface area contributed by atoms with E-state index in [2.05, 4.69) is 48.3 Å². The number of nitrogens with one attached hydrogen (secondary N) is 1. The Kier molecular flexibility index (Phi) is 3.39. The van der Waals surface area contributed by atoms with Gasteiger partial charge in [-0.25, -0.2) is 0 Å². The molecule has 2 aliphatic heterocycles. The maximum atomic E-state index is 12.3. The summed E-state index contributed by atoms with van der Waals surface area (Å²) in [5.41, 5.74) is 2.53. The van der Waals surface area contributed by atoms with E-state index in [1.165, 1.54) is 5.56 Å². The van der Waals surface area contributed by atoms with Crippen LogP contribution in [0.25, 0.3) is 6.08 Å². The van der Waals surface area contributed by atoms with E-state index in [9.17, 15) is 4.79 Å². The van der Waals surface area contributed by atoms with Crippen LogP contribution in [0.1, 0.15) is 25.0 Å². The summed E-state index contributed by atoms with van der Waals surface area (Å²) in [5.74, 6) is 0.867. The Labute approximate surface area is 148 Å². The SMILES string of the molecule is COc1ccccc1/C=C/C12NC(=O)CN1c1ccccc1C2(C)C. The fourth-order valence-electron chi connectivity index (χ4n) is 4.15. The van der Waals surface area contributed by atoms with Crippen molar-refractivity contribution in [2.45, 2.75) is 24.9 Å². The molecule has 4 heteroatoms. The fraction of sp³-hybridized carbons (Fsp3) is 0.286. The highest BCUT2D eigenvalue weighted by Gasteiger charge is 2.59. The van der Waals surface area contributed by atoms with E-state index >= 15 is 0 Å². The number of fused-ring (bicyclic) bond motifs is 3.